The zero-order chi connectivity index (χ0) is 17.6. The summed E-state index contributed by atoms with van der Waals surface area (Å²) in [5, 5.41) is 22.0. The fourth-order valence-corrected chi connectivity index (χ4v) is 2.60. The van der Waals surface area contributed by atoms with Gasteiger partial charge in [-0.05, 0) is 31.2 Å². The smallest absolute Gasteiger partial charge is 0.250 e. The summed E-state index contributed by atoms with van der Waals surface area (Å²) in [6.07, 6.45) is 1.81. The molecule has 3 aromatic rings. The van der Waals surface area contributed by atoms with E-state index in [0.29, 0.717) is 12.2 Å². The number of carbonyl (C=O) groups is 1. The van der Waals surface area contributed by atoms with Crippen LogP contribution >= 0.6 is 0 Å². The first-order chi connectivity index (χ1) is 12.2. The summed E-state index contributed by atoms with van der Waals surface area (Å²) >= 11 is 0. The number of nitrogens with zero attached hydrogens (tertiary/aromatic N) is 1. The Balaban J connectivity index is 1.72. The molecule has 0 radical (unpaired) electrons. The van der Waals surface area contributed by atoms with Gasteiger partial charge >= 0.3 is 0 Å². The molecule has 0 unspecified atom stereocenters. The Morgan fingerprint density at radius 1 is 1.16 bits per heavy atom. The van der Waals surface area contributed by atoms with Crippen LogP contribution in [0.5, 0.6) is 0 Å². The van der Waals surface area contributed by atoms with Gasteiger partial charge in [-0.3, -0.25) is 9.89 Å². The summed E-state index contributed by atoms with van der Waals surface area (Å²) in [6.45, 7) is 2.12. The molecular weight excluding hydrogens is 316 g/mol. The van der Waals surface area contributed by atoms with Crippen LogP contribution in [0.15, 0.2) is 54.7 Å². The molecule has 1 heterocycles. The van der Waals surface area contributed by atoms with E-state index in [9.17, 15) is 4.79 Å². The number of benzene rings is 2. The third kappa shape index (κ3) is 4.24. The fraction of sp³-hybridized carbons (Fsp3) is 0.158. The third-order valence-electron chi connectivity index (χ3n) is 3.80. The highest BCUT2D eigenvalue weighted by Gasteiger charge is 2.08. The average Bonchev–Trinajstić information content (AvgIpc) is 3.09. The maximum atomic E-state index is 11.3. The standard InChI is InChI=1S/C19H20N4O2/c1-13-4-2-5-14(8-13)19-15(11-21-23-19)10-20-16-6-3-7-17(9-16)22-18(25)12-24/h2-9,11,20,24H,10,12H2,1H3,(H,21,23)(H,22,25). The van der Waals surface area contributed by atoms with Crippen LogP contribution < -0.4 is 10.6 Å². The van der Waals surface area contributed by atoms with Gasteiger partial charge in [0, 0.05) is 29.0 Å². The van der Waals surface area contributed by atoms with Gasteiger partial charge in [-0.2, -0.15) is 5.10 Å². The van der Waals surface area contributed by atoms with Crippen molar-refractivity contribution in [2.24, 2.45) is 0 Å². The van der Waals surface area contributed by atoms with Gasteiger partial charge in [-0.1, -0.05) is 29.8 Å². The third-order valence-corrected chi connectivity index (χ3v) is 3.80. The highest BCUT2D eigenvalue weighted by Crippen LogP contribution is 2.23. The summed E-state index contributed by atoms with van der Waals surface area (Å²) < 4.78 is 0. The summed E-state index contributed by atoms with van der Waals surface area (Å²) in [7, 11) is 0. The maximum absolute atomic E-state index is 11.3. The van der Waals surface area contributed by atoms with E-state index in [-0.39, 0.29) is 0 Å². The van der Waals surface area contributed by atoms with Crippen LogP contribution in [-0.2, 0) is 11.3 Å². The molecule has 0 aliphatic rings. The number of aromatic nitrogens is 2. The molecule has 0 fully saturated rings. The summed E-state index contributed by atoms with van der Waals surface area (Å²) in [4.78, 5) is 11.3. The zero-order valence-electron chi connectivity index (χ0n) is 13.9. The number of H-pyrrole nitrogens is 1. The van der Waals surface area contributed by atoms with Crippen molar-refractivity contribution in [2.45, 2.75) is 13.5 Å². The molecule has 0 saturated heterocycles. The number of aryl methyl sites for hydroxylation is 1. The lowest BCUT2D eigenvalue weighted by atomic mass is 10.1. The summed E-state index contributed by atoms with van der Waals surface area (Å²) in [5.41, 5.74) is 5.83. The first kappa shape index (κ1) is 16.7. The molecule has 6 heteroatoms. The molecule has 0 saturated carbocycles. The van der Waals surface area contributed by atoms with Crippen molar-refractivity contribution in [1.29, 1.82) is 0 Å². The van der Waals surface area contributed by atoms with Crippen molar-refractivity contribution < 1.29 is 9.90 Å². The molecule has 6 nitrogen and oxygen atoms in total. The topological polar surface area (TPSA) is 90.0 Å². The number of aliphatic hydroxyl groups is 1. The van der Waals surface area contributed by atoms with Gasteiger partial charge < -0.3 is 15.7 Å². The Morgan fingerprint density at radius 3 is 2.76 bits per heavy atom. The number of carbonyl (C=O) groups excluding carboxylic acids is 1. The number of hydrogen-bond acceptors (Lipinski definition) is 4. The quantitative estimate of drug-likeness (QED) is 0.557. The maximum Gasteiger partial charge on any atom is 0.250 e. The number of anilines is 2. The number of aliphatic hydroxyl groups excluding tert-OH is 1. The first-order valence-electron chi connectivity index (χ1n) is 7.99. The number of nitrogens with one attached hydrogen (secondary N) is 3. The van der Waals surface area contributed by atoms with Gasteiger partial charge in [-0.25, -0.2) is 0 Å². The minimum absolute atomic E-state index is 0.436. The van der Waals surface area contributed by atoms with Crippen molar-refractivity contribution in [2.75, 3.05) is 17.2 Å². The molecule has 0 atom stereocenters. The molecule has 2 aromatic carbocycles. The normalized spacial score (nSPS) is 10.5. The monoisotopic (exact) mass is 336 g/mol. The lowest BCUT2D eigenvalue weighted by molar-refractivity contribution is -0.118. The number of rotatable bonds is 6. The predicted molar refractivity (Wildman–Crippen MR) is 98.2 cm³/mol. The van der Waals surface area contributed by atoms with Crippen LogP contribution in [0, 0.1) is 6.92 Å². The van der Waals surface area contributed by atoms with Crippen LogP contribution in [0.3, 0.4) is 0 Å². The van der Waals surface area contributed by atoms with Gasteiger partial charge in [0.25, 0.3) is 0 Å². The molecule has 1 aromatic heterocycles. The van der Waals surface area contributed by atoms with E-state index >= 15 is 0 Å². The Kier molecular flexibility index (Phi) is 5.11. The van der Waals surface area contributed by atoms with E-state index in [1.165, 1.54) is 5.56 Å². The second kappa shape index (κ2) is 7.63. The van der Waals surface area contributed by atoms with Gasteiger partial charge in [0.15, 0.2) is 0 Å². The van der Waals surface area contributed by atoms with Crippen molar-refractivity contribution >= 4 is 17.3 Å². The van der Waals surface area contributed by atoms with E-state index in [1.807, 2.05) is 30.5 Å². The van der Waals surface area contributed by atoms with Crippen molar-refractivity contribution in [3.05, 3.63) is 65.9 Å². The molecule has 25 heavy (non-hydrogen) atoms. The lowest BCUT2D eigenvalue weighted by Crippen LogP contribution is -2.15. The fourth-order valence-electron chi connectivity index (χ4n) is 2.60. The minimum Gasteiger partial charge on any atom is -0.387 e. The second-order valence-corrected chi connectivity index (χ2v) is 5.78. The van der Waals surface area contributed by atoms with E-state index in [1.54, 1.807) is 6.07 Å². The van der Waals surface area contributed by atoms with E-state index in [2.05, 4.69) is 46.0 Å². The molecule has 3 rings (SSSR count). The Hall–Kier alpha value is -3.12. The van der Waals surface area contributed by atoms with Crippen LogP contribution in [-0.4, -0.2) is 27.8 Å². The van der Waals surface area contributed by atoms with E-state index < -0.39 is 12.5 Å². The number of aromatic amines is 1. The molecule has 128 valence electrons. The van der Waals surface area contributed by atoms with Gasteiger partial charge in [0.05, 0.1) is 11.9 Å². The highest BCUT2D eigenvalue weighted by molar-refractivity contribution is 5.91. The lowest BCUT2D eigenvalue weighted by Gasteiger charge is -2.10. The Bertz CT molecular complexity index is 873. The van der Waals surface area contributed by atoms with Gasteiger partial charge in [0.1, 0.15) is 6.61 Å². The molecule has 0 aliphatic heterocycles. The Labute approximate surface area is 145 Å². The number of amides is 1. The highest BCUT2D eigenvalue weighted by atomic mass is 16.3. The molecule has 0 aliphatic carbocycles. The largest absolute Gasteiger partial charge is 0.387 e. The van der Waals surface area contributed by atoms with Crippen LogP contribution in [0.1, 0.15) is 11.1 Å². The van der Waals surface area contributed by atoms with Crippen LogP contribution in [0.4, 0.5) is 11.4 Å². The summed E-state index contributed by atoms with van der Waals surface area (Å²) in [6, 6.07) is 15.6. The first-order valence-corrected chi connectivity index (χ1v) is 7.99. The number of hydrogen-bond donors (Lipinski definition) is 4. The molecule has 0 spiro atoms. The van der Waals surface area contributed by atoms with Gasteiger partial charge in [-0.15, -0.1) is 0 Å². The summed E-state index contributed by atoms with van der Waals surface area (Å²) in [5.74, 6) is -0.436. The van der Waals surface area contributed by atoms with E-state index in [4.69, 9.17) is 5.11 Å². The SMILES string of the molecule is Cc1cccc(-c2[nH]ncc2CNc2cccc(NC(=O)CO)c2)c1. The predicted octanol–water partition coefficient (Wildman–Crippen LogP) is 2.93. The zero-order valence-corrected chi connectivity index (χ0v) is 13.9. The molecule has 4 N–H and O–H groups in total. The van der Waals surface area contributed by atoms with Gasteiger partial charge in [0.2, 0.25) is 5.91 Å². The second-order valence-electron chi connectivity index (χ2n) is 5.78. The minimum atomic E-state index is -0.535. The molecule has 0 bridgehead atoms. The van der Waals surface area contributed by atoms with Crippen LogP contribution in [0.25, 0.3) is 11.3 Å². The van der Waals surface area contributed by atoms with Crippen molar-refractivity contribution in [3.8, 4) is 11.3 Å². The van der Waals surface area contributed by atoms with E-state index in [0.717, 1.165) is 22.5 Å². The van der Waals surface area contributed by atoms with Crippen molar-refractivity contribution in [1.82, 2.24) is 10.2 Å². The van der Waals surface area contributed by atoms with Crippen LogP contribution in [0.2, 0.25) is 0 Å². The Morgan fingerprint density at radius 2 is 1.96 bits per heavy atom. The molecule has 1 amide bonds. The van der Waals surface area contributed by atoms with Crippen molar-refractivity contribution in [3.63, 3.8) is 0 Å². The average molecular weight is 336 g/mol. The molecular formula is C19H20N4O2.